The van der Waals surface area contributed by atoms with E-state index in [1.807, 2.05) is 18.2 Å². The van der Waals surface area contributed by atoms with Crippen LogP contribution in [0.2, 0.25) is 0 Å². The fourth-order valence-corrected chi connectivity index (χ4v) is 3.12. The number of amides is 1. The van der Waals surface area contributed by atoms with Crippen LogP contribution in [0.15, 0.2) is 41.2 Å². The Labute approximate surface area is 155 Å². The molecule has 0 saturated carbocycles. The number of rotatable bonds is 5. The molecule has 27 heavy (non-hydrogen) atoms. The Bertz CT molecular complexity index is 1040. The molecule has 0 radical (unpaired) electrons. The first-order valence-electron chi connectivity index (χ1n) is 8.77. The van der Waals surface area contributed by atoms with Crippen molar-refractivity contribution in [3.8, 4) is 11.7 Å². The number of fused-ring (bicyclic) bond motifs is 1. The van der Waals surface area contributed by atoms with E-state index in [0.29, 0.717) is 23.2 Å². The zero-order valence-electron chi connectivity index (χ0n) is 14.9. The smallest absolute Gasteiger partial charge is 0.263 e. The summed E-state index contributed by atoms with van der Waals surface area (Å²) in [5, 5.41) is 7.11. The third kappa shape index (κ3) is 3.59. The Kier molecular flexibility index (Phi) is 4.45. The summed E-state index contributed by atoms with van der Waals surface area (Å²) in [5.41, 5.74) is 2.08. The Balaban J connectivity index is 1.54. The molecule has 2 heterocycles. The minimum absolute atomic E-state index is 0.137. The average molecular weight is 365 g/mol. The second kappa shape index (κ2) is 7.06. The Morgan fingerprint density at radius 2 is 2.11 bits per heavy atom. The van der Waals surface area contributed by atoms with Gasteiger partial charge in [0.2, 0.25) is 5.95 Å². The standard InChI is InChI=1S/C19H19N5O3/c1-12-10-16(21-17(25)11-27-13-6-3-2-4-7-13)24(23-12)19-20-15-9-5-8-14(15)18(26)22-19/h2-4,6-7,10H,5,8-9,11H2,1H3,(H,21,25)(H,20,22,26). The van der Waals surface area contributed by atoms with Crippen LogP contribution in [0.5, 0.6) is 5.75 Å². The highest BCUT2D eigenvalue weighted by Crippen LogP contribution is 2.19. The zero-order chi connectivity index (χ0) is 18.8. The van der Waals surface area contributed by atoms with Gasteiger partial charge < -0.3 is 10.1 Å². The van der Waals surface area contributed by atoms with Gasteiger partial charge >= 0.3 is 0 Å². The fourth-order valence-electron chi connectivity index (χ4n) is 3.12. The van der Waals surface area contributed by atoms with Gasteiger partial charge in [-0.3, -0.25) is 14.6 Å². The minimum Gasteiger partial charge on any atom is -0.484 e. The molecule has 0 fully saturated rings. The van der Waals surface area contributed by atoms with Gasteiger partial charge in [0.15, 0.2) is 6.61 Å². The summed E-state index contributed by atoms with van der Waals surface area (Å²) in [6.45, 7) is 1.67. The van der Waals surface area contributed by atoms with Gasteiger partial charge in [0.25, 0.3) is 11.5 Å². The molecule has 8 heteroatoms. The van der Waals surface area contributed by atoms with E-state index in [2.05, 4.69) is 20.4 Å². The number of aromatic amines is 1. The van der Waals surface area contributed by atoms with Crippen molar-refractivity contribution in [2.24, 2.45) is 0 Å². The van der Waals surface area contributed by atoms with Crippen LogP contribution in [0, 0.1) is 6.92 Å². The second-order valence-electron chi connectivity index (χ2n) is 6.40. The van der Waals surface area contributed by atoms with Crippen molar-refractivity contribution in [1.29, 1.82) is 0 Å². The van der Waals surface area contributed by atoms with Crippen LogP contribution in [0.1, 0.15) is 23.4 Å². The molecule has 138 valence electrons. The SMILES string of the molecule is Cc1cc(NC(=O)COc2ccccc2)n(-c2nc3c(c(=O)[nH]2)CCC3)n1. The third-order valence-electron chi connectivity index (χ3n) is 4.34. The van der Waals surface area contributed by atoms with Crippen LogP contribution in [0.3, 0.4) is 0 Å². The summed E-state index contributed by atoms with van der Waals surface area (Å²) in [5.74, 6) is 1.01. The van der Waals surface area contributed by atoms with Crippen molar-refractivity contribution >= 4 is 11.7 Å². The second-order valence-corrected chi connectivity index (χ2v) is 6.40. The minimum atomic E-state index is -0.330. The van der Waals surface area contributed by atoms with Crippen molar-refractivity contribution in [2.45, 2.75) is 26.2 Å². The largest absolute Gasteiger partial charge is 0.484 e. The number of aromatic nitrogens is 4. The molecular weight excluding hydrogens is 346 g/mol. The van der Waals surface area contributed by atoms with Crippen LogP contribution in [-0.4, -0.2) is 32.3 Å². The summed E-state index contributed by atoms with van der Waals surface area (Å²) in [4.78, 5) is 31.8. The first kappa shape index (κ1) is 17.0. The first-order chi connectivity index (χ1) is 13.1. The molecular formula is C19H19N5O3. The van der Waals surface area contributed by atoms with Crippen molar-refractivity contribution in [3.63, 3.8) is 0 Å². The van der Waals surface area contributed by atoms with E-state index in [1.54, 1.807) is 25.1 Å². The molecule has 1 aliphatic carbocycles. The number of aryl methyl sites for hydroxylation is 2. The van der Waals surface area contributed by atoms with Gasteiger partial charge in [-0.2, -0.15) is 9.78 Å². The molecule has 2 aromatic heterocycles. The average Bonchev–Trinajstić information content (AvgIpc) is 3.27. The number of anilines is 1. The molecule has 4 rings (SSSR count). The number of H-pyrrole nitrogens is 1. The van der Waals surface area contributed by atoms with E-state index in [-0.39, 0.29) is 18.1 Å². The van der Waals surface area contributed by atoms with Crippen LogP contribution in [-0.2, 0) is 17.6 Å². The molecule has 1 aromatic carbocycles. The molecule has 0 spiro atoms. The molecule has 0 aliphatic heterocycles. The third-order valence-corrected chi connectivity index (χ3v) is 4.34. The van der Waals surface area contributed by atoms with Gasteiger partial charge in [-0.1, -0.05) is 18.2 Å². The van der Waals surface area contributed by atoms with E-state index in [0.717, 1.165) is 30.5 Å². The van der Waals surface area contributed by atoms with Gasteiger partial charge in [0, 0.05) is 11.6 Å². The van der Waals surface area contributed by atoms with Gasteiger partial charge in [0.05, 0.1) is 11.4 Å². The number of ether oxygens (including phenoxy) is 1. The lowest BCUT2D eigenvalue weighted by molar-refractivity contribution is -0.118. The Morgan fingerprint density at radius 1 is 1.30 bits per heavy atom. The highest BCUT2D eigenvalue weighted by Gasteiger charge is 2.20. The van der Waals surface area contributed by atoms with Crippen molar-refractivity contribution in [3.05, 3.63) is 63.7 Å². The van der Waals surface area contributed by atoms with Gasteiger partial charge in [-0.05, 0) is 38.3 Å². The molecule has 2 N–H and O–H groups in total. The van der Waals surface area contributed by atoms with E-state index >= 15 is 0 Å². The summed E-state index contributed by atoms with van der Waals surface area (Å²) < 4.78 is 6.90. The quantitative estimate of drug-likeness (QED) is 0.717. The molecule has 0 unspecified atom stereocenters. The molecule has 1 aliphatic rings. The van der Waals surface area contributed by atoms with Crippen LogP contribution in [0.25, 0.3) is 5.95 Å². The van der Waals surface area contributed by atoms with Crippen LogP contribution >= 0.6 is 0 Å². The van der Waals surface area contributed by atoms with E-state index < -0.39 is 0 Å². The zero-order valence-corrected chi connectivity index (χ0v) is 14.9. The number of nitrogens with one attached hydrogen (secondary N) is 2. The topological polar surface area (TPSA) is 102 Å². The van der Waals surface area contributed by atoms with Gasteiger partial charge in [0.1, 0.15) is 11.6 Å². The molecule has 3 aromatic rings. The van der Waals surface area contributed by atoms with Crippen LogP contribution < -0.4 is 15.6 Å². The molecule has 8 nitrogen and oxygen atoms in total. The highest BCUT2D eigenvalue weighted by molar-refractivity contribution is 5.91. The number of benzene rings is 1. The summed E-state index contributed by atoms with van der Waals surface area (Å²) in [6, 6.07) is 10.8. The Hall–Kier alpha value is -3.42. The number of hydrogen-bond acceptors (Lipinski definition) is 5. The number of nitrogens with zero attached hydrogens (tertiary/aromatic N) is 3. The highest BCUT2D eigenvalue weighted by atomic mass is 16.5. The van der Waals surface area contributed by atoms with E-state index in [9.17, 15) is 9.59 Å². The summed E-state index contributed by atoms with van der Waals surface area (Å²) >= 11 is 0. The number of para-hydroxylation sites is 1. The fraction of sp³-hybridized carbons (Fsp3) is 0.263. The predicted octanol–water partition coefficient (Wildman–Crippen LogP) is 1.77. The van der Waals surface area contributed by atoms with Gasteiger partial charge in [-0.25, -0.2) is 4.98 Å². The number of hydrogen-bond donors (Lipinski definition) is 2. The number of carbonyl (C=O) groups is 1. The maximum absolute atomic E-state index is 12.3. The summed E-state index contributed by atoms with van der Waals surface area (Å²) in [6.07, 6.45) is 2.45. The van der Waals surface area contributed by atoms with Crippen molar-refractivity contribution in [1.82, 2.24) is 19.7 Å². The maximum atomic E-state index is 12.3. The monoisotopic (exact) mass is 365 g/mol. The lowest BCUT2D eigenvalue weighted by atomic mass is 10.3. The summed E-state index contributed by atoms with van der Waals surface area (Å²) in [7, 11) is 0. The molecule has 0 saturated heterocycles. The number of carbonyl (C=O) groups excluding carboxylic acids is 1. The first-order valence-corrected chi connectivity index (χ1v) is 8.77. The lowest BCUT2D eigenvalue weighted by Gasteiger charge is -2.10. The molecule has 0 atom stereocenters. The van der Waals surface area contributed by atoms with E-state index in [1.165, 1.54) is 4.68 Å². The predicted molar refractivity (Wildman–Crippen MR) is 99.3 cm³/mol. The van der Waals surface area contributed by atoms with E-state index in [4.69, 9.17) is 4.74 Å². The Morgan fingerprint density at radius 3 is 2.93 bits per heavy atom. The molecule has 0 bridgehead atoms. The van der Waals surface area contributed by atoms with Crippen molar-refractivity contribution in [2.75, 3.05) is 11.9 Å². The maximum Gasteiger partial charge on any atom is 0.263 e. The van der Waals surface area contributed by atoms with Gasteiger partial charge in [-0.15, -0.1) is 0 Å². The molecule has 1 amide bonds. The van der Waals surface area contributed by atoms with Crippen LogP contribution in [0.4, 0.5) is 5.82 Å². The normalized spacial score (nSPS) is 12.6. The lowest BCUT2D eigenvalue weighted by Crippen LogP contribution is -2.24. The van der Waals surface area contributed by atoms with Crippen molar-refractivity contribution < 1.29 is 9.53 Å².